The highest BCUT2D eigenvalue weighted by Gasteiger charge is 2.19. The van der Waals surface area contributed by atoms with Crippen LogP contribution in [0.4, 0.5) is 0 Å². The minimum absolute atomic E-state index is 0.150. The molecule has 0 radical (unpaired) electrons. The molecular formula is C25H29N3O4S. The van der Waals surface area contributed by atoms with E-state index in [1.165, 1.54) is 0 Å². The van der Waals surface area contributed by atoms with Crippen molar-refractivity contribution in [2.75, 3.05) is 27.4 Å². The van der Waals surface area contributed by atoms with Crippen LogP contribution in [0.25, 0.3) is 10.9 Å². The fourth-order valence-corrected chi connectivity index (χ4v) is 4.24. The van der Waals surface area contributed by atoms with Crippen molar-refractivity contribution in [3.63, 3.8) is 0 Å². The number of para-hydroxylation sites is 1. The molecule has 1 saturated heterocycles. The fraction of sp³-hybridized carbons (Fsp3) is 0.360. The third kappa shape index (κ3) is 5.64. The molecule has 2 aromatic carbocycles. The Hall–Kier alpha value is -3.10. The standard InChI is InChI=1S/C25H29N3O4S/c1-30-20-10-9-17-12-19(24(29)27-22(17)13-20)16-28(15-18-6-3-4-8-23(18)31-2)25(33)26-14-21-7-5-11-32-21/h3-4,6,8-10,12-13,21H,5,7,11,14-16H2,1-2H3,(H,26,33)(H,27,29). The molecule has 0 bridgehead atoms. The summed E-state index contributed by atoms with van der Waals surface area (Å²) in [6, 6.07) is 15.4. The van der Waals surface area contributed by atoms with Crippen LogP contribution in [0.5, 0.6) is 11.5 Å². The van der Waals surface area contributed by atoms with Gasteiger partial charge in [-0.3, -0.25) is 4.79 Å². The van der Waals surface area contributed by atoms with Crippen LogP contribution in [0.3, 0.4) is 0 Å². The number of hydrogen-bond donors (Lipinski definition) is 2. The van der Waals surface area contributed by atoms with Crippen LogP contribution in [0.2, 0.25) is 0 Å². The molecule has 1 fully saturated rings. The van der Waals surface area contributed by atoms with Crippen LogP contribution in [-0.4, -0.2) is 48.5 Å². The highest BCUT2D eigenvalue weighted by atomic mass is 32.1. The van der Waals surface area contributed by atoms with Gasteiger partial charge >= 0.3 is 0 Å². The Morgan fingerprint density at radius 1 is 1.15 bits per heavy atom. The lowest BCUT2D eigenvalue weighted by molar-refractivity contribution is 0.113. The van der Waals surface area contributed by atoms with Crippen molar-refractivity contribution in [1.29, 1.82) is 0 Å². The van der Waals surface area contributed by atoms with Crippen molar-refractivity contribution in [2.45, 2.75) is 32.0 Å². The van der Waals surface area contributed by atoms with Gasteiger partial charge in [-0.2, -0.15) is 0 Å². The number of aromatic amines is 1. The second kappa shape index (κ2) is 10.7. The van der Waals surface area contributed by atoms with E-state index in [0.717, 1.165) is 41.7 Å². The van der Waals surface area contributed by atoms with Crippen LogP contribution in [0.1, 0.15) is 24.0 Å². The van der Waals surface area contributed by atoms with Crippen LogP contribution in [-0.2, 0) is 17.8 Å². The van der Waals surface area contributed by atoms with Gasteiger partial charge in [-0.1, -0.05) is 18.2 Å². The Balaban J connectivity index is 1.59. The largest absolute Gasteiger partial charge is 0.497 e. The molecule has 1 aliphatic rings. The molecule has 3 aromatic rings. The van der Waals surface area contributed by atoms with Crippen LogP contribution in [0, 0.1) is 0 Å². The zero-order valence-electron chi connectivity index (χ0n) is 18.9. The van der Waals surface area contributed by atoms with E-state index < -0.39 is 0 Å². The number of pyridine rings is 1. The minimum Gasteiger partial charge on any atom is -0.497 e. The molecule has 7 nitrogen and oxygen atoms in total. The summed E-state index contributed by atoms with van der Waals surface area (Å²) in [4.78, 5) is 17.9. The first-order valence-corrected chi connectivity index (χ1v) is 11.4. The second-order valence-electron chi connectivity index (χ2n) is 8.07. The average Bonchev–Trinajstić information content (AvgIpc) is 3.36. The zero-order valence-corrected chi connectivity index (χ0v) is 19.7. The highest BCUT2D eigenvalue weighted by molar-refractivity contribution is 7.80. The molecule has 0 spiro atoms. The number of nitrogens with zero attached hydrogens (tertiary/aromatic N) is 1. The molecule has 8 heteroatoms. The smallest absolute Gasteiger partial charge is 0.253 e. The predicted octanol–water partition coefficient (Wildman–Crippen LogP) is 3.60. The maximum absolute atomic E-state index is 12.9. The minimum atomic E-state index is -0.150. The van der Waals surface area contributed by atoms with Gasteiger partial charge in [0, 0.05) is 36.9 Å². The second-order valence-corrected chi connectivity index (χ2v) is 8.45. The van der Waals surface area contributed by atoms with Crippen molar-refractivity contribution < 1.29 is 14.2 Å². The number of rotatable bonds is 8. The molecule has 174 valence electrons. The number of hydrogen-bond acceptors (Lipinski definition) is 5. The van der Waals surface area contributed by atoms with E-state index in [1.54, 1.807) is 14.2 Å². The molecule has 1 atom stereocenters. The molecule has 0 amide bonds. The topological polar surface area (TPSA) is 75.8 Å². The fourth-order valence-electron chi connectivity index (χ4n) is 4.03. The molecule has 4 rings (SSSR count). The highest BCUT2D eigenvalue weighted by Crippen LogP contribution is 2.22. The van der Waals surface area contributed by atoms with E-state index in [-0.39, 0.29) is 11.7 Å². The van der Waals surface area contributed by atoms with Crippen LogP contribution in [0.15, 0.2) is 53.3 Å². The van der Waals surface area contributed by atoms with Gasteiger partial charge in [-0.25, -0.2) is 0 Å². The maximum atomic E-state index is 12.9. The van der Waals surface area contributed by atoms with E-state index in [0.29, 0.717) is 36.1 Å². The number of thiocarbonyl (C=S) groups is 1. The third-order valence-electron chi connectivity index (χ3n) is 5.84. The van der Waals surface area contributed by atoms with Gasteiger partial charge in [0.2, 0.25) is 0 Å². The van der Waals surface area contributed by atoms with Gasteiger partial charge in [-0.15, -0.1) is 0 Å². The van der Waals surface area contributed by atoms with Gasteiger partial charge in [0.25, 0.3) is 5.56 Å². The van der Waals surface area contributed by atoms with Gasteiger partial charge in [0.15, 0.2) is 5.11 Å². The predicted molar refractivity (Wildman–Crippen MR) is 133 cm³/mol. The Morgan fingerprint density at radius 3 is 2.73 bits per heavy atom. The van der Waals surface area contributed by atoms with Crippen molar-refractivity contribution in [3.8, 4) is 11.5 Å². The first-order chi connectivity index (χ1) is 16.1. The van der Waals surface area contributed by atoms with Crippen molar-refractivity contribution in [3.05, 3.63) is 70.0 Å². The van der Waals surface area contributed by atoms with E-state index >= 15 is 0 Å². The molecule has 2 heterocycles. The van der Waals surface area contributed by atoms with E-state index in [4.69, 9.17) is 26.4 Å². The lowest BCUT2D eigenvalue weighted by Crippen LogP contribution is -2.42. The Morgan fingerprint density at radius 2 is 1.97 bits per heavy atom. The molecule has 1 aromatic heterocycles. The van der Waals surface area contributed by atoms with Gasteiger partial charge in [0.1, 0.15) is 11.5 Å². The number of H-pyrrole nitrogens is 1. The maximum Gasteiger partial charge on any atom is 0.253 e. The van der Waals surface area contributed by atoms with Crippen molar-refractivity contribution in [1.82, 2.24) is 15.2 Å². The Kier molecular flexibility index (Phi) is 7.47. The summed E-state index contributed by atoms with van der Waals surface area (Å²) in [5.74, 6) is 1.48. The molecule has 1 unspecified atom stereocenters. The van der Waals surface area contributed by atoms with E-state index in [9.17, 15) is 4.79 Å². The average molecular weight is 468 g/mol. The first kappa shape index (κ1) is 23.1. The van der Waals surface area contributed by atoms with Gasteiger partial charge in [0.05, 0.1) is 32.4 Å². The van der Waals surface area contributed by atoms with E-state index in [1.807, 2.05) is 53.4 Å². The number of methoxy groups -OCH3 is 2. The molecule has 33 heavy (non-hydrogen) atoms. The number of ether oxygens (including phenoxy) is 3. The monoisotopic (exact) mass is 467 g/mol. The molecular weight excluding hydrogens is 438 g/mol. The Bertz CT molecular complexity index is 1170. The summed E-state index contributed by atoms with van der Waals surface area (Å²) >= 11 is 5.75. The molecule has 0 aliphatic carbocycles. The summed E-state index contributed by atoms with van der Waals surface area (Å²) in [6.45, 7) is 2.30. The summed E-state index contributed by atoms with van der Waals surface area (Å²) in [5, 5.41) is 4.84. The number of fused-ring (bicyclic) bond motifs is 1. The summed E-state index contributed by atoms with van der Waals surface area (Å²) < 4.78 is 16.5. The van der Waals surface area contributed by atoms with Gasteiger partial charge in [-0.05, 0) is 54.7 Å². The number of aromatic nitrogens is 1. The van der Waals surface area contributed by atoms with Crippen LogP contribution < -0.4 is 20.3 Å². The zero-order chi connectivity index (χ0) is 23.2. The summed E-state index contributed by atoms with van der Waals surface area (Å²) in [7, 11) is 3.26. The van der Waals surface area contributed by atoms with Crippen molar-refractivity contribution >= 4 is 28.2 Å². The number of nitrogens with one attached hydrogen (secondary N) is 2. The molecule has 1 aliphatic heterocycles. The quantitative estimate of drug-likeness (QED) is 0.490. The molecule has 0 saturated carbocycles. The number of benzene rings is 2. The molecule has 2 N–H and O–H groups in total. The lowest BCUT2D eigenvalue weighted by atomic mass is 10.1. The van der Waals surface area contributed by atoms with Crippen molar-refractivity contribution in [2.24, 2.45) is 0 Å². The van der Waals surface area contributed by atoms with E-state index in [2.05, 4.69) is 10.3 Å². The Labute approximate surface area is 198 Å². The summed E-state index contributed by atoms with van der Waals surface area (Å²) in [6.07, 6.45) is 2.26. The lowest BCUT2D eigenvalue weighted by Gasteiger charge is -2.27. The van der Waals surface area contributed by atoms with Gasteiger partial charge < -0.3 is 29.4 Å². The SMILES string of the molecule is COc1ccc2cc(CN(Cc3ccccc3OC)C(=S)NCC3CCCO3)c(=O)[nH]c2c1. The third-order valence-corrected chi connectivity index (χ3v) is 6.24. The van der Waals surface area contributed by atoms with Crippen LogP contribution >= 0.6 is 12.2 Å². The normalized spacial score (nSPS) is 15.4. The summed E-state index contributed by atoms with van der Waals surface area (Å²) in [5.41, 5.74) is 2.20. The first-order valence-electron chi connectivity index (χ1n) is 11.0.